The molecule has 2 amide bonds. The summed E-state index contributed by atoms with van der Waals surface area (Å²) in [5.41, 5.74) is 1.81. The van der Waals surface area contributed by atoms with E-state index in [1.165, 1.54) is 6.07 Å². The van der Waals surface area contributed by atoms with Crippen LogP contribution in [0, 0.1) is 10.1 Å². The van der Waals surface area contributed by atoms with E-state index in [4.69, 9.17) is 0 Å². The molecule has 8 heteroatoms. The van der Waals surface area contributed by atoms with Crippen molar-refractivity contribution in [1.29, 1.82) is 0 Å². The van der Waals surface area contributed by atoms with Gasteiger partial charge in [-0.25, -0.2) is 0 Å². The summed E-state index contributed by atoms with van der Waals surface area (Å²) in [6, 6.07) is 11.6. The molecule has 1 saturated carbocycles. The zero-order valence-corrected chi connectivity index (χ0v) is 15.5. The van der Waals surface area contributed by atoms with Gasteiger partial charge in [0.15, 0.2) is 0 Å². The molecule has 0 saturated heterocycles. The van der Waals surface area contributed by atoms with Gasteiger partial charge >= 0.3 is 0 Å². The van der Waals surface area contributed by atoms with E-state index in [2.05, 4.69) is 16.0 Å². The molecule has 146 valence electrons. The molecule has 3 N–H and O–H groups in total. The van der Waals surface area contributed by atoms with Gasteiger partial charge in [-0.3, -0.25) is 19.7 Å². The molecule has 0 spiro atoms. The van der Waals surface area contributed by atoms with Gasteiger partial charge in [-0.1, -0.05) is 12.1 Å². The maximum absolute atomic E-state index is 12.4. The SMILES string of the molecule is CCNC(=O)c1cccc(CNC(=O)c2ccc(NC3CC3)c([N+](=O)[O-])c2)c1. The Morgan fingerprint density at radius 3 is 2.46 bits per heavy atom. The van der Waals surface area contributed by atoms with Gasteiger partial charge in [-0.05, 0) is 49.6 Å². The highest BCUT2D eigenvalue weighted by molar-refractivity contribution is 5.96. The van der Waals surface area contributed by atoms with Crippen LogP contribution in [0.15, 0.2) is 42.5 Å². The molecule has 2 aromatic rings. The normalized spacial score (nSPS) is 12.9. The number of hydrogen-bond donors (Lipinski definition) is 3. The first-order chi connectivity index (χ1) is 13.5. The van der Waals surface area contributed by atoms with Crippen molar-refractivity contribution in [2.24, 2.45) is 0 Å². The van der Waals surface area contributed by atoms with Crippen molar-refractivity contribution in [3.05, 3.63) is 69.3 Å². The lowest BCUT2D eigenvalue weighted by molar-refractivity contribution is -0.384. The molecule has 2 aromatic carbocycles. The second kappa shape index (κ2) is 8.51. The Morgan fingerprint density at radius 1 is 1.07 bits per heavy atom. The van der Waals surface area contributed by atoms with E-state index < -0.39 is 10.8 Å². The minimum Gasteiger partial charge on any atom is -0.377 e. The van der Waals surface area contributed by atoms with Crippen LogP contribution in [0.1, 0.15) is 46.0 Å². The van der Waals surface area contributed by atoms with Crippen LogP contribution in [0.2, 0.25) is 0 Å². The molecule has 1 aliphatic carbocycles. The molecule has 0 aromatic heterocycles. The van der Waals surface area contributed by atoms with E-state index in [0.717, 1.165) is 18.4 Å². The zero-order chi connectivity index (χ0) is 20.1. The summed E-state index contributed by atoms with van der Waals surface area (Å²) < 4.78 is 0. The maximum atomic E-state index is 12.4. The van der Waals surface area contributed by atoms with Crippen molar-refractivity contribution < 1.29 is 14.5 Å². The predicted octanol–water partition coefficient (Wildman–Crippen LogP) is 2.85. The fourth-order valence-corrected chi connectivity index (χ4v) is 2.76. The maximum Gasteiger partial charge on any atom is 0.293 e. The Labute approximate surface area is 162 Å². The number of anilines is 1. The molecule has 0 atom stereocenters. The average molecular weight is 382 g/mol. The molecule has 1 fully saturated rings. The zero-order valence-electron chi connectivity index (χ0n) is 15.5. The van der Waals surface area contributed by atoms with Gasteiger partial charge in [0, 0.05) is 36.3 Å². The lowest BCUT2D eigenvalue weighted by atomic mass is 10.1. The molecular weight excluding hydrogens is 360 g/mol. The van der Waals surface area contributed by atoms with Crippen molar-refractivity contribution >= 4 is 23.2 Å². The molecular formula is C20H22N4O4. The Bertz CT molecular complexity index is 909. The lowest BCUT2D eigenvalue weighted by Crippen LogP contribution is -2.24. The number of carbonyl (C=O) groups excluding carboxylic acids is 2. The number of carbonyl (C=O) groups is 2. The number of nitrogens with zero attached hydrogens (tertiary/aromatic N) is 1. The van der Waals surface area contributed by atoms with E-state index in [9.17, 15) is 19.7 Å². The highest BCUT2D eigenvalue weighted by Crippen LogP contribution is 2.31. The van der Waals surface area contributed by atoms with Crippen molar-refractivity contribution in [2.45, 2.75) is 32.4 Å². The first kappa shape index (κ1) is 19.3. The molecule has 28 heavy (non-hydrogen) atoms. The minimum atomic E-state index is -0.489. The van der Waals surface area contributed by atoms with E-state index in [0.29, 0.717) is 17.8 Å². The summed E-state index contributed by atoms with van der Waals surface area (Å²) >= 11 is 0. The van der Waals surface area contributed by atoms with Crippen molar-refractivity contribution in [3.63, 3.8) is 0 Å². The van der Waals surface area contributed by atoms with Gasteiger partial charge in [0.2, 0.25) is 0 Å². The summed E-state index contributed by atoms with van der Waals surface area (Å²) in [6.45, 7) is 2.58. The van der Waals surface area contributed by atoms with Gasteiger partial charge in [-0.2, -0.15) is 0 Å². The second-order valence-electron chi connectivity index (χ2n) is 6.65. The molecule has 0 bridgehead atoms. The Balaban J connectivity index is 1.68. The summed E-state index contributed by atoms with van der Waals surface area (Å²) in [4.78, 5) is 35.2. The molecule has 0 unspecified atom stereocenters. The number of rotatable bonds is 8. The molecule has 0 heterocycles. The summed E-state index contributed by atoms with van der Waals surface area (Å²) in [5, 5.41) is 19.9. The van der Waals surface area contributed by atoms with Crippen molar-refractivity contribution in [2.75, 3.05) is 11.9 Å². The molecule has 0 aliphatic heterocycles. The third-order valence-corrected chi connectivity index (χ3v) is 4.37. The van der Waals surface area contributed by atoms with Gasteiger partial charge < -0.3 is 16.0 Å². The number of benzene rings is 2. The van der Waals surface area contributed by atoms with Crippen molar-refractivity contribution in [3.8, 4) is 0 Å². The van der Waals surface area contributed by atoms with Crippen LogP contribution in [0.3, 0.4) is 0 Å². The predicted molar refractivity (Wildman–Crippen MR) is 105 cm³/mol. The fourth-order valence-electron chi connectivity index (χ4n) is 2.76. The first-order valence-electron chi connectivity index (χ1n) is 9.18. The molecule has 0 radical (unpaired) electrons. The van der Waals surface area contributed by atoms with Gasteiger partial charge in [-0.15, -0.1) is 0 Å². The smallest absolute Gasteiger partial charge is 0.293 e. The number of amides is 2. The monoisotopic (exact) mass is 382 g/mol. The number of hydrogen-bond acceptors (Lipinski definition) is 5. The van der Waals surface area contributed by atoms with E-state index in [-0.39, 0.29) is 29.7 Å². The van der Waals surface area contributed by atoms with Crippen LogP contribution in [0.25, 0.3) is 0 Å². The average Bonchev–Trinajstić information content (AvgIpc) is 3.50. The summed E-state index contributed by atoms with van der Waals surface area (Å²) in [7, 11) is 0. The fraction of sp³-hybridized carbons (Fsp3) is 0.300. The summed E-state index contributed by atoms with van der Waals surface area (Å²) in [6.07, 6.45) is 1.99. The largest absolute Gasteiger partial charge is 0.377 e. The Hall–Kier alpha value is -3.42. The topological polar surface area (TPSA) is 113 Å². The Morgan fingerprint density at radius 2 is 1.79 bits per heavy atom. The van der Waals surface area contributed by atoms with E-state index in [1.807, 2.05) is 6.92 Å². The van der Waals surface area contributed by atoms with E-state index in [1.54, 1.807) is 36.4 Å². The van der Waals surface area contributed by atoms with Crippen LogP contribution in [-0.2, 0) is 6.54 Å². The highest BCUT2D eigenvalue weighted by Gasteiger charge is 2.25. The van der Waals surface area contributed by atoms with Gasteiger partial charge in [0.1, 0.15) is 5.69 Å². The molecule has 3 rings (SSSR count). The highest BCUT2D eigenvalue weighted by atomic mass is 16.6. The second-order valence-corrected chi connectivity index (χ2v) is 6.65. The third kappa shape index (κ3) is 4.85. The molecule has 8 nitrogen and oxygen atoms in total. The van der Waals surface area contributed by atoms with Crippen LogP contribution in [0.5, 0.6) is 0 Å². The van der Waals surface area contributed by atoms with Crippen LogP contribution >= 0.6 is 0 Å². The molecule has 1 aliphatic rings. The Kier molecular flexibility index (Phi) is 5.88. The van der Waals surface area contributed by atoms with Crippen LogP contribution in [-0.4, -0.2) is 29.3 Å². The third-order valence-electron chi connectivity index (χ3n) is 4.37. The first-order valence-corrected chi connectivity index (χ1v) is 9.18. The number of nitro benzene ring substituents is 1. The minimum absolute atomic E-state index is 0.113. The van der Waals surface area contributed by atoms with Crippen LogP contribution < -0.4 is 16.0 Å². The van der Waals surface area contributed by atoms with Crippen LogP contribution in [0.4, 0.5) is 11.4 Å². The lowest BCUT2D eigenvalue weighted by Gasteiger charge is -2.09. The number of nitro groups is 1. The summed E-state index contributed by atoms with van der Waals surface area (Å²) in [5.74, 6) is -0.588. The quantitative estimate of drug-likeness (QED) is 0.480. The van der Waals surface area contributed by atoms with Gasteiger partial charge in [0.05, 0.1) is 4.92 Å². The van der Waals surface area contributed by atoms with Crippen molar-refractivity contribution in [1.82, 2.24) is 10.6 Å². The van der Waals surface area contributed by atoms with E-state index >= 15 is 0 Å². The number of nitrogens with one attached hydrogen (secondary N) is 3. The van der Waals surface area contributed by atoms with Gasteiger partial charge in [0.25, 0.3) is 17.5 Å². The standard InChI is InChI=1S/C20H22N4O4/c1-2-21-19(25)14-5-3-4-13(10-14)12-22-20(26)15-6-9-17(23-16-7-8-16)18(11-15)24(27)28/h3-6,9-11,16,23H,2,7-8,12H2,1H3,(H,21,25)(H,22,26).